The van der Waals surface area contributed by atoms with Gasteiger partial charge >= 0.3 is 0 Å². The highest BCUT2D eigenvalue weighted by atomic mass is 32.1. The van der Waals surface area contributed by atoms with Crippen molar-refractivity contribution in [1.82, 2.24) is 5.32 Å². The van der Waals surface area contributed by atoms with Crippen LogP contribution in [0.25, 0.3) is 0 Å². The molecule has 92 valence electrons. The molecule has 1 aliphatic heterocycles. The Morgan fingerprint density at radius 3 is 2.83 bits per heavy atom. The minimum Gasteiger partial charge on any atom is -0.468 e. The second-order valence-corrected chi connectivity index (χ2v) is 4.44. The van der Waals surface area contributed by atoms with E-state index in [1.54, 1.807) is 19.1 Å². The van der Waals surface area contributed by atoms with Crippen LogP contribution in [0, 0.1) is 5.41 Å². The van der Waals surface area contributed by atoms with E-state index in [1.807, 2.05) is 0 Å². The fraction of sp³-hybridized carbons (Fsp3) is 0.231. The van der Waals surface area contributed by atoms with Gasteiger partial charge in [-0.15, -0.1) is 0 Å². The lowest BCUT2D eigenvalue weighted by Gasteiger charge is -2.27. The molecule has 1 atom stereocenters. The number of allylic oxidation sites excluding steroid dienone is 2. The second kappa shape index (κ2) is 4.72. The molecule has 0 fully saturated rings. The van der Waals surface area contributed by atoms with Crippen molar-refractivity contribution in [3.63, 3.8) is 0 Å². The van der Waals surface area contributed by atoms with Gasteiger partial charge in [-0.1, -0.05) is 12.2 Å². The standard InChI is InChI=1S/C13H12N2O2S/c1-7-11(8(2)16)12(10-4-3-5-17-10)9(6-14)13(18)15-7/h3-5,12,14H,1-2H3,(H,15,18). The van der Waals surface area contributed by atoms with Gasteiger partial charge in [-0.05, 0) is 31.9 Å². The van der Waals surface area contributed by atoms with Gasteiger partial charge in [0.2, 0.25) is 0 Å². The molecule has 0 saturated heterocycles. The van der Waals surface area contributed by atoms with E-state index in [-0.39, 0.29) is 5.78 Å². The number of hydrogen-bond acceptors (Lipinski definition) is 4. The minimum atomic E-state index is -0.441. The summed E-state index contributed by atoms with van der Waals surface area (Å²) in [6.45, 7) is 3.28. The molecule has 0 spiro atoms. The maximum atomic E-state index is 11.8. The fourth-order valence-electron chi connectivity index (χ4n) is 2.13. The summed E-state index contributed by atoms with van der Waals surface area (Å²) in [5.74, 6) is 2.40. The van der Waals surface area contributed by atoms with Crippen LogP contribution >= 0.6 is 12.2 Å². The third kappa shape index (κ3) is 1.94. The number of ketones is 1. The molecule has 1 aliphatic rings. The number of Topliss-reactive ketones (excluding diaryl/α,β-unsaturated/α-hetero) is 1. The summed E-state index contributed by atoms with van der Waals surface area (Å²) in [6.07, 6.45) is 1.54. The normalized spacial score (nSPS) is 19.6. The molecule has 4 nitrogen and oxygen atoms in total. The van der Waals surface area contributed by atoms with Crippen LogP contribution in [0.4, 0.5) is 0 Å². The Morgan fingerprint density at radius 2 is 2.33 bits per heavy atom. The lowest BCUT2D eigenvalue weighted by molar-refractivity contribution is -0.113. The van der Waals surface area contributed by atoms with Gasteiger partial charge in [-0.3, -0.25) is 10.2 Å². The molecule has 2 rings (SSSR count). The molecule has 0 aliphatic carbocycles. The van der Waals surface area contributed by atoms with E-state index >= 15 is 0 Å². The Morgan fingerprint density at radius 1 is 1.61 bits per heavy atom. The molecule has 1 aromatic rings. The molecule has 0 bridgehead atoms. The average Bonchev–Trinajstić information content (AvgIpc) is 2.80. The second-order valence-electron chi connectivity index (χ2n) is 4.04. The van der Waals surface area contributed by atoms with Crippen LogP contribution in [-0.4, -0.2) is 16.6 Å². The average molecular weight is 260 g/mol. The monoisotopic (exact) mass is 260 g/mol. The maximum absolute atomic E-state index is 11.8. The van der Waals surface area contributed by atoms with E-state index in [0.717, 1.165) is 0 Å². The zero-order valence-corrected chi connectivity index (χ0v) is 10.9. The first-order valence-electron chi connectivity index (χ1n) is 5.42. The fourth-order valence-corrected chi connectivity index (χ4v) is 2.46. The maximum Gasteiger partial charge on any atom is 0.158 e. The Hall–Kier alpha value is -1.97. The summed E-state index contributed by atoms with van der Waals surface area (Å²) in [7, 11) is 0. The number of thiocarbonyl (C=S) groups is 1. The smallest absolute Gasteiger partial charge is 0.158 e. The van der Waals surface area contributed by atoms with Crippen LogP contribution in [0.3, 0.4) is 0 Å². The molecule has 1 unspecified atom stereocenters. The van der Waals surface area contributed by atoms with Crippen molar-refractivity contribution in [2.45, 2.75) is 19.8 Å². The minimum absolute atomic E-state index is 0.0725. The van der Waals surface area contributed by atoms with E-state index in [0.29, 0.717) is 27.6 Å². The molecule has 0 amide bonds. The molecule has 5 heteroatoms. The van der Waals surface area contributed by atoms with E-state index in [1.165, 1.54) is 13.2 Å². The van der Waals surface area contributed by atoms with Crippen molar-refractivity contribution in [3.8, 4) is 0 Å². The SMILES string of the molecule is CC(=O)C1=C(C)NC(=S)C(=C=N)C1c1ccco1. The van der Waals surface area contributed by atoms with Crippen molar-refractivity contribution >= 4 is 28.9 Å². The largest absolute Gasteiger partial charge is 0.468 e. The molecule has 0 saturated carbocycles. The van der Waals surface area contributed by atoms with Crippen molar-refractivity contribution < 1.29 is 9.21 Å². The van der Waals surface area contributed by atoms with E-state index in [9.17, 15) is 4.79 Å². The van der Waals surface area contributed by atoms with E-state index < -0.39 is 5.92 Å². The first kappa shape index (κ1) is 12.5. The highest BCUT2D eigenvalue weighted by molar-refractivity contribution is 7.80. The summed E-state index contributed by atoms with van der Waals surface area (Å²) in [5, 5.41) is 10.3. The van der Waals surface area contributed by atoms with Crippen molar-refractivity contribution in [2.75, 3.05) is 0 Å². The zero-order chi connectivity index (χ0) is 13.3. The van der Waals surface area contributed by atoms with Gasteiger partial charge in [-0.25, -0.2) is 0 Å². The number of nitrogens with one attached hydrogen (secondary N) is 2. The summed E-state index contributed by atoms with van der Waals surface area (Å²) >= 11 is 5.18. The molecular formula is C13H12N2O2S. The van der Waals surface area contributed by atoms with E-state index in [2.05, 4.69) is 11.2 Å². The lowest BCUT2D eigenvalue weighted by Crippen LogP contribution is -2.34. The Kier molecular flexibility index (Phi) is 3.28. The Labute approximate surface area is 110 Å². The molecule has 1 aromatic heterocycles. The first-order valence-corrected chi connectivity index (χ1v) is 5.83. The van der Waals surface area contributed by atoms with Gasteiger partial charge in [0.25, 0.3) is 0 Å². The van der Waals surface area contributed by atoms with Crippen LogP contribution in [0.2, 0.25) is 0 Å². The quantitative estimate of drug-likeness (QED) is 0.486. The summed E-state index contributed by atoms with van der Waals surface area (Å²) in [6, 6.07) is 3.52. The van der Waals surface area contributed by atoms with Crippen LogP contribution in [0.5, 0.6) is 0 Å². The molecular weight excluding hydrogens is 248 g/mol. The number of rotatable bonds is 2. The van der Waals surface area contributed by atoms with Gasteiger partial charge in [0, 0.05) is 11.3 Å². The molecule has 18 heavy (non-hydrogen) atoms. The Balaban J connectivity index is 2.67. The topological polar surface area (TPSA) is 66.1 Å². The van der Waals surface area contributed by atoms with Crippen molar-refractivity contribution in [2.24, 2.45) is 0 Å². The zero-order valence-electron chi connectivity index (χ0n) is 10.0. The lowest BCUT2D eigenvalue weighted by atomic mass is 9.83. The highest BCUT2D eigenvalue weighted by Gasteiger charge is 2.34. The predicted molar refractivity (Wildman–Crippen MR) is 71.8 cm³/mol. The van der Waals surface area contributed by atoms with Gasteiger partial charge < -0.3 is 9.73 Å². The highest BCUT2D eigenvalue weighted by Crippen LogP contribution is 2.36. The molecule has 2 heterocycles. The van der Waals surface area contributed by atoms with Gasteiger partial charge in [-0.2, -0.15) is 0 Å². The summed E-state index contributed by atoms with van der Waals surface area (Å²) < 4.78 is 5.36. The molecule has 0 radical (unpaired) electrons. The first-order chi connectivity index (χ1) is 8.56. The number of carbonyl (C=O) groups is 1. The summed E-state index contributed by atoms with van der Waals surface area (Å²) in [5.41, 5.74) is 1.72. The number of carbonyl (C=O) groups excluding carboxylic acids is 1. The van der Waals surface area contributed by atoms with Crippen LogP contribution in [0.1, 0.15) is 25.5 Å². The van der Waals surface area contributed by atoms with Gasteiger partial charge in [0.1, 0.15) is 10.7 Å². The molecule has 0 aromatic carbocycles. The van der Waals surface area contributed by atoms with Crippen molar-refractivity contribution in [1.29, 1.82) is 5.41 Å². The van der Waals surface area contributed by atoms with Gasteiger partial charge in [0.15, 0.2) is 5.78 Å². The molecule has 2 N–H and O–H groups in total. The Bertz CT molecular complexity index is 593. The number of furan rings is 1. The van der Waals surface area contributed by atoms with E-state index in [4.69, 9.17) is 22.0 Å². The van der Waals surface area contributed by atoms with Crippen LogP contribution in [0.15, 0.2) is 39.7 Å². The van der Waals surface area contributed by atoms with Crippen LogP contribution in [-0.2, 0) is 4.79 Å². The summed E-state index contributed by atoms with van der Waals surface area (Å²) in [4.78, 5) is 12.2. The third-order valence-electron chi connectivity index (χ3n) is 2.87. The van der Waals surface area contributed by atoms with Crippen molar-refractivity contribution in [3.05, 3.63) is 41.0 Å². The third-order valence-corrected chi connectivity index (χ3v) is 3.19. The van der Waals surface area contributed by atoms with Gasteiger partial charge in [0.05, 0.1) is 17.8 Å². The predicted octanol–water partition coefficient (Wildman–Crippen LogP) is 2.33. The number of hydrogen-bond donors (Lipinski definition) is 2. The van der Waals surface area contributed by atoms with Crippen LogP contribution < -0.4 is 5.32 Å².